The molecule has 2 aliphatic heterocycles. The van der Waals surface area contributed by atoms with Gasteiger partial charge in [0.25, 0.3) is 0 Å². The number of benzene rings is 1. The first-order valence-electron chi connectivity index (χ1n) is 10.9. The number of hydrogen-bond donors (Lipinski definition) is 3. The van der Waals surface area contributed by atoms with Crippen LogP contribution >= 0.6 is 0 Å². The highest BCUT2D eigenvalue weighted by Gasteiger charge is 2.46. The molecule has 1 saturated carbocycles. The summed E-state index contributed by atoms with van der Waals surface area (Å²) in [5.74, 6) is 0.716. The second-order valence-corrected chi connectivity index (χ2v) is 8.85. The fourth-order valence-corrected chi connectivity index (χ4v) is 5.06. The van der Waals surface area contributed by atoms with Crippen molar-refractivity contribution in [2.45, 2.75) is 62.4 Å². The van der Waals surface area contributed by atoms with Gasteiger partial charge in [0.2, 0.25) is 5.95 Å². The SMILES string of the molecule is Oc1cc(-c2cn[nH]c2)ccc1-c1cnc(N(C2CC2)[C@H]2C[C@@H]3C[C@@H](F)[C@H](C2)N3)nn1. The highest BCUT2D eigenvalue weighted by Crippen LogP contribution is 2.39. The maximum Gasteiger partial charge on any atom is 0.245 e. The summed E-state index contributed by atoms with van der Waals surface area (Å²) >= 11 is 0. The number of halogens is 1. The lowest BCUT2D eigenvalue weighted by Gasteiger charge is -2.37. The standard InChI is InChI=1S/C22H24FN7O/c23-18-7-14-6-16(8-19(18)27-14)30(15-2-3-15)22-24-11-20(28-29-22)17-4-1-12(5-21(17)31)13-9-25-26-10-13/h1,4-5,9-11,14-16,18-19,27,31H,2-3,6-8H2,(H,25,26)/t14-,16+,18-,19+/m1/s1. The Kier molecular flexibility index (Phi) is 4.38. The topological polar surface area (TPSA) is 103 Å². The molecule has 3 aliphatic rings. The molecule has 0 spiro atoms. The van der Waals surface area contributed by atoms with Crippen LogP contribution in [0.15, 0.2) is 36.8 Å². The van der Waals surface area contributed by atoms with E-state index >= 15 is 0 Å². The molecule has 0 amide bonds. The number of phenolic OH excluding ortho intramolecular Hbond substituents is 1. The predicted octanol–water partition coefficient (Wildman–Crippen LogP) is 2.83. The zero-order valence-electron chi connectivity index (χ0n) is 16.9. The summed E-state index contributed by atoms with van der Waals surface area (Å²) in [4.78, 5) is 6.87. The summed E-state index contributed by atoms with van der Waals surface area (Å²) in [5.41, 5.74) is 2.86. The van der Waals surface area contributed by atoms with Crippen molar-refractivity contribution in [2.75, 3.05) is 4.90 Å². The van der Waals surface area contributed by atoms with E-state index < -0.39 is 6.17 Å². The Balaban J connectivity index is 1.25. The molecule has 8 nitrogen and oxygen atoms in total. The van der Waals surface area contributed by atoms with Crippen LogP contribution in [0.2, 0.25) is 0 Å². The maximum atomic E-state index is 14.2. The lowest BCUT2D eigenvalue weighted by atomic mass is 9.98. The molecule has 31 heavy (non-hydrogen) atoms. The molecule has 2 saturated heterocycles. The molecule has 4 atom stereocenters. The van der Waals surface area contributed by atoms with Crippen LogP contribution in [0.5, 0.6) is 5.75 Å². The number of nitrogens with one attached hydrogen (secondary N) is 2. The minimum Gasteiger partial charge on any atom is -0.507 e. The van der Waals surface area contributed by atoms with Gasteiger partial charge in [0, 0.05) is 41.5 Å². The van der Waals surface area contributed by atoms with E-state index in [0.717, 1.165) is 36.8 Å². The lowest BCUT2D eigenvalue weighted by molar-refractivity contribution is 0.271. The smallest absolute Gasteiger partial charge is 0.245 e. The van der Waals surface area contributed by atoms with Gasteiger partial charge >= 0.3 is 0 Å². The zero-order valence-corrected chi connectivity index (χ0v) is 16.9. The monoisotopic (exact) mass is 421 g/mol. The minimum absolute atomic E-state index is 0.0667. The van der Waals surface area contributed by atoms with E-state index in [1.807, 2.05) is 12.1 Å². The molecule has 1 aliphatic carbocycles. The van der Waals surface area contributed by atoms with E-state index in [4.69, 9.17) is 0 Å². The molecule has 9 heteroatoms. The Hall–Kier alpha value is -3.07. The number of H-pyrrole nitrogens is 1. The zero-order chi connectivity index (χ0) is 20.9. The number of rotatable bonds is 5. The van der Waals surface area contributed by atoms with Crippen molar-refractivity contribution in [3.8, 4) is 28.1 Å². The van der Waals surface area contributed by atoms with Crippen LogP contribution in [0.4, 0.5) is 10.3 Å². The molecule has 2 aromatic heterocycles. The fourth-order valence-electron chi connectivity index (χ4n) is 5.06. The van der Waals surface area contributed by atoms with Gasteiger partial charge in [-0.3, -0.25) is 5.10 Å². The normalized spacial score (nSPS) is 27.4. The van der Waals surface area contributed by atoms with E-state index in [1.165, 1.54) is 0 Å². The number of hydrogen-bond acceptors (Lipinski definition) is 7. The molecule has 3 aromatic rings. The Morgan fingerprint density at radius 1 is 1.03 bits per heavy atom. The van der Waals surface area contributed by atoms with Crippen LogP contribution in [0.3, 0.4) is 0 Å². The molecule has 2 bridgehead atoms. The lowest BCUT2D eigenvalue weighted by Crippen LogP contribution is -2.50. The third kappa shape index (κ3) is 3.42. The molecule has 3 N–H and O–H groups in total. The number of alkyl halides is 1. The fraction of sp³-hybridized carbons (Fsp3) is 0.455. The second kappa shape index (κ2) is 7.26. The Bertz CT molecular complexity index is 1070. The molecule has 6 rings (SSSR count). The summed E-state index contributed by atoms with van der Waals surface area (Å²) in [7, 11) is 0. The third-order valence-electron chi connectivity index (χ3n) is 6.70. The van der Waals surface area contributed by atoms with Crippen molar-refractivity contribution in [3.05, 3.63) is 36.8 Å². The van der Waals surface area contributed by atoms with Gasteiger partial charge in [-0.1, -0.05) is 6.07 Å². The van der Waals surface area contributed by atoms with Crippen LogP contribution in [-0.4, -0.2) is 60.8 Å². The maximum absolute atomic E-state index is 14.2. The van der Waals surface area contributed by atoms with Crippen molar-refractivity contribution in [3.63, 3.8) is 0 Å². The number of fused-ring (bicyclic) bond motifs is 2. The first-order chi connectivity index (χ1) is 15.2. The summed E-state index contributed by atoms with van der Waals surface area (Å²) < 4.78 is 14.2. The van der Waals surface area contributed by atoms with Crippen molar-refractivity contribution < 1.29 is 9.50 Å². The van der Waals surface area contributed by atoms with Gasteiger partial charge in [0.1, 0.15) is 17.6 Å². The molecular weight excluding hydrogens is 397 g/mol. The van der Waals surface area contributed by atoms with Crippen LogP contribution in [0.25, 0.3) is 22.4 Å². The Labute approximate surface area is 178 Å². The highest BCUT2D eigenvalue weighted by molar-refractivity contribution is 5.73. The number of aromatic nitrogens is 5. The van der Waals surface area contributed by atoms with Gasteiger partial charge in [-0.05, 0) is 49.8 Å². The van der Waals surface area contributed by atoms with Gasteiger partial charge < -0.3 is 15.3 Å². The van der Waals surface area contributed by atoms with Gasteiger partial charge in [-0.2, -0.15) is 5.10 Å². The molecular formula is C22H24FN7O. The Morgan fingerprint density at radius 2 is 1.94 bits per heavy atom. The van der Waals surface area contributed by atoms with E-state index in [-0.39, 0.29) is 23.9 Å². The third-order valence-corrected chi connectivity index (χ3v) is 6.70. The molecule has 3 fully saturated rings. The number of nitrogens with zero attached hydrogens (tertiary/aromatic N) is 5. The number of piperidine rings is 1. The number of aromatic hydroxyl groups is 1. The van der Waals surface area contributed by atoms with E-state index in [9.17, 15) is 9.50 Å². The van der Waals surface area contributed by atoms with E-state index in [1.54, 1.807) is 24.7 Å². The number of anilines is 1. The summed E-state index contributed by atoms with van der Waals surface area (Å²) in [5, 5.41) is 29.4. The van der Waals surface area contributed by atoms with E-state index in [0.29, 0.717) is 29.7 Å². The average molecular weight is 421 g/mol. The van der Waals surface area contributed by atoms with Crippen LogP contribution in [0, 0.1) is 0 Å². The van der Waals surface area contributed by atoms with Crippen LogP contribution in [0.1, 0.15) is 32.1 Å². The molecule has 0 unspecified atom stereocenters. The van der Waals surface area contributed by atoms with Crippen LogP contribution < -0.4 is 10.2 Å². The summed E-state index contributed by atoms with van der Waals surface area (Å²) in [6.07, 6.45) is 8.89. The molecule has 160 valence electrons. The van der Waals surface area contributed by atoms with Gasteiger partial charge in [0.05, 0.1) is 12.4 Å². The quantitative estimate of drug-likeness (QED) is 0.582. The largest absolute Gasteiger partial charge is 0.507 e. The van der Waals surface area contributed by atoms with Gasteiger partial charge in [-0.15, -0.1) is 10.2 Å². The first-order valence-corrected chi connectivity index (χ1v) is 10.9. The van der Waals surface area contributed by atoms with Crippen LogP contribution in [-0.2, 0) is 0 Å². The molecule has 0 radical (unpaired) electrons. The minimum atomic E-state index is -0.759. The second-order valence-electron chi connectivity index (χ2n) is 8.85. The number of phenols is 1. The van der Waals surface area contributed by atoms with Crippen molar-refractivity contribution in [2.24, 2.45) is 0 Å². The molecule has 1 aromatic carbocycles. The van der Waals surface area contributed by atoms with E-state index in [2.05, 4.69) is 35.6 Å². The highest BCUT2D eigenvalue weighted by atomic mass is 19.1. The summed E-state index contributed by atoms with van der Waals surface area (Å²) in [6.45, 7) is 0. The number of aromatic amines is 1. The predicted molar refractivity (Wildman–Crippen MR) is 113 cm³/mol. The Morgan fingerprint density at radius 3 is 2.61 bits per heavy atom. The first kappa shape index (κ1) is 18.7. The van der Waals surface area contributed by atoms with Gasteiger partial charge in [0.15, 0.2) is 0 Å². The van der Waals surface area contributed by atoms with Crippen molar-refractivity contribution in [1.82, 2.24) is 30.7 Å². The summed E-state index contributed by atoms with van der Waals surface area (Å²) in [6, 6.07) is 6.22. The van der Waals surface area contributed by atoms with Crippen molar-refractivity contribution >= 4 is 5.95 Å². The average Bonchev–Trinajstić information content (AvgIpc) is 3.37. The van der Waals surface area contributed by atoms with Gasteiger partial charge in [-0.25, -0.2) is 9.37 Å². The van der Waals surface area contributed by atoms with Crippen molar-refractivity contribution in [1.29, 1.82) is 0 Å². The molecule has 4 heterocycles.